The van der Waals surface area contributed by atoms with Crippen LogP contribution in [0.3, 0.4) is 0 Å². The normalized spacial score (nSPS) is 22.1. The van der Waals surface area contributed by atoms with E-state index in [4.69, 9.17) is 0 Å². The molecule has 1 saturated heterocycles. The second kappa shape index (κ2) is 5.73. The highest BCUT2D eigenvalue weighted by Crippen LogP contribution is 2.29. The van der Waals surface area contributed by atoms with Crippen LogP contribution < -0.4 is 9.03 Å². The average Bonchev–Trinajstić information content (AvgIpc) is 3.07. The largest absolute Gasteiger partial charge is 0.283 e. The molecule has 1 aliphatic heterocycles. The van der Waals surface area contributed by atoms with Crippen molar-refractivity contribution in [3.05, 3.63) is 24.3 Å². The molecule has 1 aromatic rings. The van der Waals surface area contributed by atoms with E-state index in [1.807, 2.05) is 0 Å². The first kappa shape index (κ1) is 15.6. The van der Waals surface area contributed by atoms with Crippen molar-refractivity contribution in [3.63, 3.8) is 0 Å². The van der Waals surface area contributed by atoms with Gasteiger partial charge in [0.2, 0.25) is 20.0 Å². The number of nitrogens with zero attached hydrogens (tertiary/aromatic N) is 1. The Morgan fingerprint density at radius 3 is 2.50 bits per heavy atom. The topological polar surface area (TPSA) is 83.6 Å². The van der Waals surface area contributed by atoms with E-state index in [0.717, 1.165) is 12.8 Å². The summed E-state index contributed by atoms with van der Waals surface area (Å²) in [5.74, 6) is 0.144. The van der Waals surface area contributed by atoms with Crippen LogP contribution in [0.5, 0.6) is 0 Å². The van der Waals surface area contributed by atoms with Gasteiger partial charge in [0.25, 0.3) is 0 Å². The predicted molar refractivity (Wildman–Crippen MR) is 87.0 cm³/mol. The molecule has 0 aromatic heterocycles. The van der Waals surface area contributed by atoms with E-state index in [-0.39, 0.29) is 11.0 Å². The minimum atomic E-state index is -3.40. The fourth-order valence-corrected chi connectivity index (χ4v) is 6.23. The summed E-state index contributed by atoms with van der Waals surface area (Å²) in [7, 11) is -6.66. The first-order valence-corrected chi connectivity index (χ1v) is 10.7. The van der Waals surface area contributed by atoms with Gasteiger partial charge in [-0.2, -0.15) is 0 Å². The van der Waals surface area contributed by atoms with E-state index < -0.39 is 20.0 Å². The minimum absolute atomic E-state index is 0.144. The van der Waals surface area contributed by atoms with Gasteiger partial charge in [-0.25, -0.2) is 16.8 Å². The molecule has 1 aromatic carbocycles. The summed E-state index contributed by atoms with van der Waals surface area (Å²) in [6.07, 6.45) is 3.86. The number of hydrogen-bond acceptors (Lipinski definition) is 4. The first-order valence-electron chi connectivity index (χ1n) is 7.51. The van der Waals surface area contributed by atoms with Crippen molar-refractivity contribution in [2.75, 3.05) is 21.3 Å². The van der Waals surface area contributed by atoms with E-state index in [1.54, 1.807) is 24.3 Å². The second-order valence-electron chi connectivity index (χ2n) is 5.85. The Morgan fingerprint density at radius 2 is 1.86 bits per heavy atom. The summed E-state index contributed by atoms with van der Waals surface area (Å²) in [5.41, 5.74) is 0.940. The molecule has 1 N–H and O–H groups in total. The molecular weight excluding hydrogens is 324 g/mol. The number of anilines is 2. The molecule has 8 heteroatoms. The fraction of sp³-hybridized carbons (Fsp3) is 0.571. The number of nitrogens with one attached hydrogen (secondary N) is 1. The average molecular weight is 344 g/mol. The van der Waals surface area contributed by atoms with Crippen LogP contribution in [0.4, 0.5) is 11.4 Å². The lowest BCUT2D eigenvalue weighted by molar-refractivity contribution is 0.585. The third-order valence-corrected chi connectivity index (χ3v) is 7.97. The van der Waals surface area contributed by atoms with Crippen LogP contribution in [0.1, 0.15) is 32.1 Å². The lowest BCUT2D eigenvalue weighted by Gasteiger charge is -2.19. The van der Waals surface area contributed by atoms with Crippen LogP contribution in [0.25, 0.3) is 0 Å². The zero-order valence-electron chi connectivity index (χ0n) is 12.2. The molecule has 6 nitrogen and oxygen atoms in total. The molecule has 0 amide bonds. The zero-order chi connectivity index (χ0) is 15.8. The molecule has 0 unspecified atom stereocenters. The van der Waals surface area contributed by atoms with Gasteiger partial charge in [0.15, 0.2) is 0 Å². The summed E-state index contributed by atoms with van der Waals surface area (Å²) in [6, 6.07) is 6.61. The van der Waals surface area contributed by atoms with Crippen LogP contribution >= 0.6 is 0 Å². The van der Waals surface area contributed by atoms with Gasteiger partial charge < -0.3 is 0 Å². The van der Waals surface area contributed by atoms with E-state index in [0.29, 0.717) is 37.2 Å². The number of hydrogen-bond donors (Lipinski definition) is 1. The standard InChI is InChI=1S/C14H20N2O4S2/c17-21(18)10-4-9-16(21)13-6-3-5-12(11-13)15-22(19,20)14-7-1-2-8-14/h3,5-6,11,14-15H,1-2,4,7-10H2. The maximum absolute atomic E-state index is 12.3. The Labute approximate surface area is 131 Å². The molecule has 22 heavy (non-hydrogen) atoms. The van der Waals surface area contributed by atoms with Crippen LogP contribution in [-0.2, 0) is 20.0 Å². The Kier molecular flexibility index (Phi) is 4.07. The predicted octanol–water partition coefficient (Wildman–Crippen LogP) is 1.91. The third kappa shape index (κ3) is 3.08. The summed E-state index contributed by atoms with van der Waals surface area (Å²) >= 11 is 0. The number of rotatable bonds is 4. The smallest absolute Gasteiger partial charge is 0.235 e. The highest BCUT2D eigenvalue weighted by molar-refractivity contribution is 7.93. The SMILES string of the molecule is O=S(=O)(Nc1cccc(N2CCCS2(=O)=O)c1)C1CCCC1. The summed E-state index contributed by atoms with van der Waals surface area (Å²) < 4.78 is 52.5. The molecular formula is C14H20N2O4S2. The van der Waals surface area contributed by atoms with Crippen molar-refractivity contribution in [1.82, 2.24) is 0 Å². The molecule has 122 valence electrons. The molecule has 0 spiro atoms. The maximum Gasteiger partial charge on any atom is 0.235 e. The number of sulfonamides is 2. The van der Waals surface area contributed by atoms with Crippen molar-refractivity contribution in [1.29, 1.82) is 0 Å². The summed E-state index contributed by atoms with van der Waals surface area (Å²) in [6.45, 7) is 0.446. The molecule has 1 heterocycles. The van der Waals surface area contributed by atoms with Gasteiger partial charge in [0.1, 0.15) is 0 Å². The third-order valence-electron chi connectivity index (χ3n) is 4.23. The van der Waals surface area contributed by atoms with E-state index in [9.17, 15) is 16.8 Å². The lowest BCUT2D eigenvalue weighted by Crippen LogP contribution is -2.26. The van der Waals surface area contributed by atoms with Crippen molar-refractivity contribution >= 4 is 31.4 Å². The Morgan fingerprint density at radius 1 is 1.14 bits per heavy atom. The zero-order valence-corrected chi connectivity index (χ0v) is 13.9. The van der Waals surface area contributed by atoms with Crippen LogP contribution in [0.2, 0.25) is 0 Å². The molecule has 3 rings (SSSR count). The van der Waals surface area contributed by atoms with Gasteiger partial charge in [0.05, 0.1) is 22.4 Å². The molecule has 0 atom stereocenters. The molecule has 1 aliphatic carbocycles. The van der Waals surface area contributed by atoms with E-state index in [2.05, 4.69) is 4.72 Å². The summed E-state index contributed by atoms with van der Waals surface area (Å²) in [5, 5.41) is -0.341. The van der Waals surface area contributed by atoms with Crippen molar-refractivity contribution in [3.8, 4) is 0 Å². The maximum atomic E-state index is 12.3. The molecule has 2 aliphatic rings. The number of benzene rings is 1. The van der Waals surface area contributed by atoms with Gasteiger partial charge in [-0.05, 0) is 37.5 Å². The Hall–Kier alpha value is -1.28. The van der Waals surface area contributed by atoms with Crippen LogP contribution in [0.15, 0.2) is 24.3 Å². The van der Waals surface area contributed by atoms with Gasteiger partial charge in [0, 0.05) is 6.54 Å². The molecule has 1 saturated carbocycles. The van der Waals surface area contributed by atoms with Crippen LogP contribution in [-0.4, -0.2) is 34.4 Å². The molecule has 2 fully saturated rings. The fourth-order valence-electron chi connectivity index (χ4n) is 3.10. The minimum Gasteiger partial charge on any atom is -0.283 e. The quantitative estimate of drug-likeness (QED) is 0.904. The van der Waals surface area contributed by atoms with E-state index in [1.165, 1.54) is 4.31 Å². The highest BCUT2D eigenvalue weighted by atomic mass is 32.2. The van der Waals surface area contributed by atoms with Gasteiger partial charge in [-0.3, -0.25) is 9.03 Å². The molecule has 0 bridgehead atoms. The Balaban J connectivity index is 1.83. The van der Waals surface area contributed by atoms with Gasteiger partial charge in [-0.15, -0.1) is 0 Å². The Bertz CT molecular complexity index is 753. The monoisotopic (exact) mass is 344 g/mol. The van der Waals surface area contributed by atoms with Crippen molar-refractivity contribution < 1.29 is 16.8 Å². The first-order chi connectivity index (χ1) is 10.4. The molecule has 0 radical (unpaired) electrons. The van der Waals surface area contributed by atoms with Gasteiger partial charge in [-0.1, -0.05) is 18.9 Å². The lowest BCUT2D eigenvalue weighted by atomic mass is 10.3. The summed E-state index contributed by atoms with van der Waals surface area (Å²) in [4.78, 5) is 0. The van der Waals surface area contributed by atoms with Crippen molar-refractivity contribution in [2.45, 2.75) is 37.4 Å². The second-order valence-corrected chi connectivity index (χ2v) is 9.82. The van der Waals surface area contributed by atoms with Gasteiger partial charge >= 0.3 is 0 Å². The van der Waals surface area contributed by atoms with Crippen molar-refractivity contribution in [2.24, 2.45) is 0 Å². The van der Waals surface area contributed by atoms with E-state index >= 15 is 0 Å². The van der Waals surface area contributed by atoms with Crippen LogP contribution in [0, 0.1) is 0 Å². The highest BCUT2D eigenvalue weighted by Gasteiger charge is 2.30.